The van der Waals surface area contributed by atoms with Gasteiger partial charge in [-0.3, -0.25) is 0 Å². The van der Waals surface area contributed by atoms with E-state index in [2.05, 4.69) is 317 Å². The van der Waals surface area contributed by atoms with E-state index in [1.165, 1.54) is 111 Å². The molecule has 5 aliphatic rings. The van der Waals surface area contributed by atoms with Crippen LogP contribution >= 0.6 is 0 Å². The minimum atomic E-state index is -0.662. The van der Waals surface area contributed by atoms with Crippen LogP contribution < -0.4 is 9.80 Å². The minimum Gasteiger partial charge on any atom is -0.310 e. The fraction of sp³-hybridized carbons (Fsp3) is 0.100. The Kier molecular flexibility index (Phi) is 9.70. The molecule has 2 nitrogen and oxygen atoms in total. The molecule has 388 valence electrons. The first-order chi connectivity index (χ1) is 40.2. The second-order valence-electron chi connectivity index (χ2n) is 24.3. The van der Waals surface area contributed by atoms with Crippen LogP contribution in [0.5, 0.6) is 0 Å². The van der Waals surface area contributed by atoms with Crippen molar-refractivity contribution in [3.05, 3.63) is 346 Å². The minimum absolute atomic E-state index is 0.149. The van der Waals surface area contributed by atoms with Crippen LogP contribution in [0, 0.1) is 0 Å². The van der Waals surface area contributed by atoms with Crippen molar-refractivity contribution in [2.45, 2.75) is 49.4 Å². The third-order valence-electron chi connectivity index (χ3n) is 19.7. The molecular formula is C80H58N2. The van der Waals surface area contributed by atoms with Gasteiger partial charge in [0.15, 0.2) is 0 Å². The molecule has 5 aliphatic carbocycles. The lowest BCUT2D eigenvalue weighted by Gasteiger charge is -2.49. The summed E-state index contributed by atoms with van der Waals surface area (Å²) in [5.74, 6) is 0. The first-order valence-corrected chi connectivity index (χ1v) is 29.1. The molecule has 0 N–H and O–H groups in total. The van der Waals surface area contributed by atoms with Crippen molar-refractivity contribution < 1.29 is 0 Å². The largest absolute Gasteiger partial charge is 0.310 e. The second kappa shape index (κ2) is 16.9. The van der Waals surface area contributed by atoms with E-state index in [4.69, 9.17) is 0 Å². The van der Waals surface area contributed by atoms with E-state index in [1.54, 1.807) is 0 Å². The van der Waals surface area contributed by atoms with Gasteiger partial charge in [0.05, 0.1) is 16.5 Å². The SMILES string of the molecule is CC1(C)c2ccccc2-c2ccc(N(c3ccccc3)c3ccc4c(c3)C3(c5ccccc5-4)c4ccccc4C4(c5ccccc5-c5c(N(c6ccccc6)c6ccc7c(c6)C(C)(C)c6ccccc6-7)cccc54)c4ccccc43)cc21. The molecule has 0 amide bonds. The summed E-state index contributed by atoms with van der Waals surface area (Å²) >= 11 is 0. The molecule has 0 heterocycles. The maximum atomic E-state index is 2.55. The van der Waals surface area contributed by atoms with Crippen molar-refractivity contribution in [3.63, 3.8) is 0 Å². The Morgan fingerprint density at radius 2 is 0.524 bits per heavy atom. The van der Waals surface area contributed by atoms with E-state index >= 15 is 0 Å². The molecule has 12 aromatic rings. The highest BCUT2D eigenvalue weighted by Crippen LogP contribution is 2.69. The van der Waals surface area contributed by atoms with Crippen LogP contribution in [0.15, 0.2) is 279 Å². The molecule has 0 saturated heterocycles. The fourth-order valence-electron chi connectivity index (χ4n) is 16.3. The van der Waals surface area contributed by atoms with Gasteiger partial charge in [0.2, 0.25) is 0 Å². The van der Waals surface area contributed by atoms with Gasteiger partial charge in [-0.25, -0.2) is 0 Å². The Balaban J connectivity index is 0.902. The molecule has 0 radical (unpaired) electrons. The molecule has 0 fully saturated rings. The van der Waals surface area contributed by atoms with Crippen LogP contribution in [0.3, 0.4) is 0 Å². The summed E-state index contributed by atoms with van der Waals surface area (Å²) in [4.78, 5) is 5.02. The Bertz CT molecular complexity index is 4560. The van der Waals surface area contributed by atoms with Crippen LogP contribution in [0.4, 0.5) is 34.1 Å². The normalized spacial score (nSPS) is 17.8. The number of para-hydroxylation sites is 2. The van der Waals surface area contributed by atoms with E-state index < -0.39 is 10.8 Å². The summed E-state index contributed by atoms with van der Waals surface area (Å²) in [5, 5.41) is 0. The predicted molar refractivity (Wildman–Crippen MR) is 339 cm³/mol. The second-order valence-corrected chi connectivity index (χ2v) is 24.3. The molecule has 12 aromatic carbocycles. The van der Waals surface area contributed by atoms with Gasteiger partial charge in [-0.2, -0.15) is 0 Å². The molecule has 0 saturated carbocycles. The van der Waals surface area contributed by atoms with Crippen LogP contribution in [-0.4, -0.2) is 0 Å². The van der Waals surface area contributed by atoms with E-state index in [-0.39, 0.29) is 10.8 Å². The van der Waals surface area contributed by atoms with Gasteiger partial charge in [-0.15, -0.1) is 0 Å². The summed E-state index contributed by atoms with van der Waals surface area (Å²) in [6.45, 7) is 9.53. The Labute approximate surface area is 480 Å². The van der Waals surface area contributed by atoms with Gasteiger partial charge >= 0.3 is 0 Å². The molecule has 82 heavy (non-hydrogen) atoms. The van der Waals surface area contributed by atoms with Crippen molar-refractivity contribution in [2.75, 3.05) is 9.80 Å². The van der Waals surface area contributed by atoms with Crippen LogP contribution in [0.25, 0.3) is 44.5 Å². The highest BCUT2D eigenvalue weighted by Gasteiger charge is 2.59. The van der Waals surface area contributed by atoms with Gasteiger partial charge in [-0.05, 0) is 172 Å². The highest BCUT2D eigenvalue weighted by molar-refractivity contribution is 6.01. The first kappa shape index (κ1) is 47.1. The number of hydrogen-bond acceptors (Lipinski definition) is 2. The van der Waals surface area contributed by atoms with Crippen LogP contribution in [0.1, 0.15) is 94.5 Å². The van der Waals surface area contributed by atoms with Crippen LogP contribution in [0.2, 0.25) is 0 Å². The van der Waals surface area contributed by atoms with Gasteiger partial charge in [0, 0.05) is 44.8 Å². The Morgan fingerprint density at radius 1 is 0.207 bits per heavy atom. The summed E-state index contributed by atoms with van der Waals surface area (Å²) in [5.41, 5.74) is 31.5. The lowest BCUT2D eigenvalue weighted by Crippen LogP contribution is -2.43. The lowest BCUT2D eigenvalue weighted by molar-refractivity contribution is 0.633. The average molecular weight is 1050 g/mol. The number of hydrogen-bond donors (Lipinski definition) is 0. The predicted octanol–water partition coefficient (Wildman–Crippen LogP) is 20.3. The van der Waals surface area contributed by atoms with Crippen molar-refractivity contribution in [2.24, 2.45) is 0 Å². The Hall–Kier alpha value is -9.76. The van der Waals surface area contributed by atoms with Crippen LogP contribution in [-0.2, 0) is 21.7 Å². The molecule has 0 atom stereocenters. The fourth-order valence-corrected chi connectivity index (χ4v) is 16.3. The first-order valence-electron chi connectivity index (χ1n) is 29.1. The number of anilines is 6. The zero-order chi connectivity index (χ0) is 54.7. The van der Waals surface area contributed by atoms with E-state index in [0.29, 0.717) is 0 Å². The molecule has 2 spiro atoms. The third-order valence-corrected chi connectivity index (χ3v) is 19.7. The molecule has 0 aromatic heterocycles. The topological polar surface area (TPSA) is 6.48 Å². The molecule has 0 aliphatic heterocycles. The molecule has 17 rings (SSSR count). The van der Waals surface area contributed by atoms with Crippen molar-refractivity contribution in [1.82, 2.24) is 0 Å². The van der Waals surface area contributed by atoms with Crippen molar-refractivity contribution in [1.29, 1.82) is 0 Å². The number of nitrogens with zero attached hydrogens (tertiary/aromatic N) is 2. The lowest BCUT2D eigenvalue weighted by atomic mass is 9.52. The summed E-state index contributed by atoms with van der Waals surface area (Å²) in [7, 11) is 0. The zero-order valence-electron chi connectivity index (χ0n) is 46.5. The Morgan fingerprint density at radius 3 is 1.01 bits per heavy atom. The van der Waals surface area contributed by atoms with Crippen molar-refractivity contribution >= 4 is 34.1 Å². The molecule has 0 bridgehead atoms. The maximum Gasteiger partial charge on any atom is 0.0720 e. The van der Waals surface area contributed by atoms with E-state index in [1.807, 2.05) is 0 Å². The third kappa shape index (κ3) is 5.98. The smallest absolute Gasteiger partial charge is 0.0720 e. The van der Waals surface area contributed by atoms with Gasteiger partial charge in [0.25, 0.3) is 0 Å². The number of rotatable bonds is 6. The summed E-state index contributed by atoms with van der Waals surface area (Å²) in [6, 6.07) is 106. The molecule has 0 unspecified atom stereocenters. The monoisotopic (exact) mass is 1050 g/mol. The van der Waals surface area contributed by atoms with Gasteiger partial charge < -0.3 is 9.80 Å². The summed E-state index contributed by atoms with van der Waals surface area (Å²) < 4.78 is 0. The van der Waals surface area contributed by atoms with Gasteiger partial charge in [-0.1, -0.05) is 240 Å². The summed E-state index contributed by atoms with van der Waals surface area (Å²) in [6.07, 6.45) is 0. The molecular weight excluding hydrogens is 989 g/mol. The van der Waals surface area contributed by atoms with Gasteiger partial charge in [0.1, 0.15) is 0 Å². The van der Waals surface area contributed by atoms with E-state index in [9.17, 15) is 0 Å². The highest BCUT2D eigenvalue weighted by atomic mass is 15.2. The number of fused-ring (bicyclic) bond motifs is 22. The quantitative estimate of drug-likeness (QED) is 0.164. The van der Waals surface area contributed by atoms with Crippen molar-refractivity contribution in [3.8, 4) is 44.5 Å². The standard InChI is InChI=1S/C80H58N2/c1-77(2)63-32-15-11-28-56(63)59-45-42-53(48-72(59)77)81(51-24-7-5-8-25-51)54-43-47-61-58-30-13-17-34-65(58)80(74(61)50-54)69-38-21-19-36-67(69)79(68-37-20-22-39-70(68)80)66-35-18-14-31-62(66)76-71(79)40-23-41-75(76)82(52-26-9-6-10-27-52)55-44-46-60-57-29-12-16-33-64(57)78(3,4)73(60)49-55/h5-50H,1-4H3. The molecule has 2 heteroatoms. The maximum absolute atomic E-state index is 2.55. The average Bonchev–Trinajstić information content (AvgIpc) is 1.48. The zero-order valence-corrected chi connectivity index (χ0v) is 46.5. The van der Waals surface area contributed by atoms with E-state index in [0.717, 1.165) is 34.1 Å². The number of benzene rings is 12.